The van der Waals surface area contributed by atoms with Gasteiger partial charge < -0.3 is 19.6 Å². The van der Waals surface area contributed by atoms with E-state index in [0.717, 1.165) is 28.0 Å². The third-order valence-corrected chi connectivity index (χ3v) is 7.51. The third-order valence-electron chi connectivity index (χ3n) is 5.11. The molecule has 3 heterocycles. The molecule has 1 aromatic carbocycles. The van der Waals surface area contributed by atoms with E-state index in [4.69, 9.17) is 14.6 Å². The smallest absolute Gasteiger partial charge is 0.344 e. The lowest BCUT2D eigenvalue weighted by atomic mass is 9.83. The van der Waals surface area contributed by atoms with Gasteiger partial charge in [-0.1, -0.05) is 35.2 Å². The summed E-state index contributed by atoms with van der Waals surface area (Å²) in [6.45, 7) is 0.983. The molecule has 1 fully saturated rings. The van der Waals surface area contributed by atoms with E-state index in [1.807, 2.05) is 0 Å². The minimum absolute atomic E-state index is 0.247. The van der Waals surface area contributed by atoms with E-state index in [-0.39, 0.29) is 18.1 Å². The van der Waals surface area contributed by atoms with Crippen LogP contribution >= 0.6 is 23.1 Å². The van der Waals surface area contributed by atoms with Crippen molar-refractivity contribution in [2.75, 3.05) is 19.8 Å². The molecule has 1 saturated heterocycles. The molecule has 2 aliphatic heterocycles. The third kappa shape index (κ3) is 4.02. The predicted molar refractivity (Wildman–Crippen MR) is 113 cm³/mol. The zero-order valence-electron chi connectivity index (χ0n) is 16.7. The van der Waals surface area contributed by atoms with Crippen LogP contribution in [0, 0.1) is 5.92 Å². The number of H-pyrrole nitrogens is 1. The molecule has 2 N–H and O–H groups in total. The first-order valence-corrected chi connectivity index (χ1v) is 11.3. The number of nitrogens with zero attached hydrogens (tertiary/aromatic N) is 1. The number of hydrogen-bond acceptors (Lipinski definition) is 9. The predicted octanol–water partition coefficient (Wildman–Crippen LogP) is 1.05. The molecule has 32 heavy (non-hydrogen) atoms. The molecule has 10 nitrogen and oxygen atoms in total. The van der Waals surface area contributed by atoms with E-state index in [2.05, 4.69) is 4.98 Å². The number of carbonyl (C=O) groups excluding carboxylic acids is 3. The van der Waals surface area contributed by atoms with Gasteiger partial charge in [0.05, 0.1) is 17.6 Å². The number of esters is 1. The summed E-state index contributed by atoms with van der Waals surface area (Å²) in [5, 5.41) is 8.78. The average molecular weight is 479 g/mol. The number of hydrogen-bond donors (Lipinski definition) is 2. The van der Waals surface area contributed by atoms with Gasteiger partial charge in [-0.05, 0) is 24.6 Å². The van der Waals surface area contributed by atoms with E-state index in [1.165, 1.54) is 0 Å². The number of carbonyl (C=O) groups is 4. The van der Waals surface area contributed by atoms with Gasteiger partial charge in [0.2, 0.25) is 11.8 Å². The summed E-state index contributed by atoms with van der Waals surface area (Å²) in [6.07, 6.45) is 0. The molecule has 0 radical (unpaired) electrons. The van der Waals surface area contributed by atoms with Crippen LogP contribution in [0.5, 0.6) is 5.75 Å². The second kappa shape index (κ2) is 8.79. The zero-order chi connectivity index (χ0) is 23.0. The molecule has 12 heteroatoms. The molecule has 2 amide bonds. The fourth-order valence-corrected chi connectivity index (χ4v) is 6.38. The van der Waals surface area contributed by atoms with Crippen molar-refractivity contribution in [2.24, 2.45) is 5.92 Å². The van der Waals surface area contributed by atoms with Gasteiger partial charge in [0.25, 0.3) is 0 Å². The molecule has 0 saturated carbocycles. The van der Waals surface area contributed by atoms with Gasteiger partial charge in [-0.2, -0.15) is 0 Å². The number of amides is 2. The zero-order valence-corrected chi connectivity index (χ0v) is 18.4. The number of thiazole rings is 1. The van der Waals surface area contributed by atoms with E-state index in [9.17, 15) is 24.0 Å². The van der Waals surface area contributed by atoms with Crippen molar-refractivity contribution >= 4 is 46.9 Å². The van der Waals surface area contributed by atoms with Crippen LogP contribution in [0.3, 0.4) is 0 Å². The number of aliphatic carboxylic acids is 1. The summed E-state index contributed by atoms with van der Waals surface area (Å²) >= 11 is 2.04. The topological polar surface area (TPSA) is 143 Å². The van der Waals surface area contributed by atoms with Gasteiger partial charge in [0.1, 0.15) is 17.5 Å². The molecule has 0 unspecified atom stereocenters. The minimum Gasteiger partial charge on any atom is -0.482 e. The number of imide groups is 1. The Morgan fingerprint density at radius 3 is 2.53 bits per heavy atom. The molecule has 0 bridgehead atoms. The van der Waals surface area contributed by atoms with Crippen molar-refractivity contribution in [3.8, 4) is 5.75 Å². The van der Waals surface area contributed by atoms with Gasteiger partial charge >= 0.3 is 16.8 Å². The summed E-state index contributed by atoms with van der Waals surface area (Å²) in [4.78, 5) is 64.3. The fraction of sp³-hybridized carbons (Fsp3) is 0.350. The largest absolute Gasteiger partial charge is 0.482 e. The number of carboxylic acids is 1. The van der Waals surface area contributed by atoms with Crippen molar-refractivity contribution in [1.82, 2.24) is 9.88 Å². The number of benzene rings is 1. The second-order valence-electron chi connectivity index (χ2n) is 7.07. The van der Waals surface area contributed by atoms with Gasteiger partial charge in [0, 0.05) is 10.8 Å². The number of fused-ring (bicyclic) bond motifs is 2. The molecule has 2 aromatic rings. The van der Waals surface area contributed by atoms with Crippen molar-refractivity contribution in [1.29, 1.82) is 0 Å². The Morgan fingerprint density at radius 1 is 1.16 bits per heavy atom. The maximum Gasteiger partial charge on any atom is 0.344 e. The monoisotopic (exact) mass is 478 g/mol. The van der Waals surface area contributed by atoms with Gasteiger partial charge in [-0.25, -0.2) is 4.79 Å². The molecule has 0 aliphatic carbocycles. The van der Waals surface area contributed by atoms with E-state index in [1.54, 1.807) is 31.2 Å². The summed E-state index contributed by atoms with van der Waals surface area (Å²) in [7, 11) is 0. The van der Waals surface area contributed by atoms with Gasteiger partial charge in [-0.3, -0.25) is 24.1 Å². The quantitative estimate of drug-likeness (QED) is 0.441. The van der Waals surface area contributed by atoms with Crippen LogP contribution in [0.25, 0.3) is 0 Å². The highest BCUT2D eigenvalue weighted by atomic mass is 32.2. The lowest BCUT2D eigenvalue weighted by Gasteiger charge is -2.29. The van der Waals surface area contributed by atoms with Crippen molar-refractivity contribution in [3.63, 3.8) is 0 Å². The molecular weight excluding hydrogens is 460 g/mol. The Hall–Kier alpha value is -3.12. The normalized spacial score (nSPS) is 21.8. The van der Waals surface area contributed by atoms with E-state index in [0.29, 0.717) is 21.2 Å². The van der Waals surface area contributed by atoms with Crippen LogP contribution in [0.1, 0.15) is 23.3 Å². The highest BCUT2D eigenvalue weighted by molar-refractivity contribution is 8.00. The average Bonchev–Trinajstić information content (AvgIpc) is 3.23. The molecule has 168 valence electrons. The Balaban J connectivity index is 1.66. The first kappa shape index (κ1) is 22.1. The van der Waals surface area contributed by atoms with Crippen LogP contribution in [0.4, 0.5) is 0 Å². The van der Waals surface area contributed by atoms with Gasteiger partial charge in [0.15, 0.2) is 6.61 Å². The molecular formula is C20H18N2O8S2. The first-order chi connectivity index (χ1) is 15.3. The van der Waals surface area contributed by atoms with Crippen molar-refractivity contribution in [3.05, 3.63) is 44.4 Å². The van der Waals surface area contributed by atoms with E-state index >= 15 is 0 Å². The van der Waals surface area contributed by atoms with Crippen molar-refractivity contribution in [2.45, 2.75) is 23.1 Å². The van der Waals surface area contributed by atoms with Crippen LogP contribution in [-0.2, 0) is 23.9 Å². The molecule has 4 rings (SSSR count). The number of carboxylic acid groups (broad SMARTS) is 1. The SMILES string of the molecule is CCOC(=O)COc1ccc([C@@H]2c3sc(=O)[nH]c3S[C@@H]3C(=O)N(CC(=O)O)C(=O)[C@H]23)cc1. The highest BCUT2D eigenvalue weighted by Crippen LogP contribution is 2.52. The van der Waals surface area contributed by atoms with Crippen LogP contribution in [0.15, 0.2) is 34.1 Å². The molecule has 2 aliphatic rings. The van der Waals surface area contributed by atoms with Crippen LogP contribution in [-0.4, -0.2) is 63.8 Å². The Bertz CT molecular complexity index is 1140. The first-order valence-electron chi connectivity index (χ1n) is 9.65. The summed E-state index contributed by atoms with van der Waals surface area (Å²) < 4.78 is 10.2. The van der Waals surface area contributed by atoms with Crippen LogP contribution < -0.4 is 9.61 Å². The van der Waals surface area contributed by atoms with E-state index < -0.39 is 47.4 Å². The molecule has 1 aromatic heterocycles. The minimum atomic E-state index is -1.28. The number of aromatic nitrogens is 1. The second-order valence-corrected chi connectivity index (χ2v) is 9.24. The fourth-order valence-electron chi connectivity index (χ4n) is 3.84. The number of thioether (sulfide) groups is 1. The number of aromatic amines is 1. The standard InChI is InChI=1S/C20H18N2O8S2/c1-2-29-12(25)8-30-10-5-3-9(4-6-10)13-14-16(31-17-15(13)32-20(28)21-17)19(27)22(18(14)26)7-11(23)24/h3-6,13-14,16H,2,7-8H2,1H3,(H,21,28)(H,23,24)/t13-,14+,16-/m0/s1. The highest BCUT2D eigenvalue weighted by Gasteiger charge is 2.56. The molecule has 3 atom stereocenters. The Morgan fingerprint density at radius 2 is 1.88 bits per heavy atom. The number of rotatable bonds is 7. The number of ether oxygens (including phenoxy) is 2. The summed E-state index contributed by atoms with van der Waals surface area (Å²) in [5.74, 6) is -3.96. The Labute approximate surface area is 189 Å². The summed E-state index contributed by atoms with van der Waals surface area (Å²) in [6, 6.07) is 6.64. The Kier molecular flexibility index (Phi) is 6.07. The summed E-state index contributed by atoms with van der Waals surface area (Å²) in [5.41, 5.74) is 0.665. The number of nitrogens with one attached hydrogen (secondary N) is 1. The maximum atomic E-state index is 13.1. The van der Waals surface area contributed by atoms with Crippen molar-refractivity contribution < 1.29 is 33.8 Å². The molecule has 0 spiro atoms. The lowest BCUT2D eigenvalue weighted by molar-refractivity contribution is -0.149. The van der Waals surface area contributed by atoms with Gasteiger partial charge in [-0.15, -0.1) is 0 Å². The van der Waals surface area contributed by atoms with Crippen LogP contribution in [0.2, 0.25) is 0 Å². The number of likely N-dealkylation sites (tertiary alicyclic amines) is 1. The maximum absolute atomic E-state index is 13.1. The lowest BCUT2D eigenvalue weighted by Crippen LogP contribution is -2.36.